The molecule has 1 aromatic rings. The van der Waals surface area contributed by atoms with Crippen LogP contribution in [0.25, 0.3) is 0 Å². The first-order valence-electron chi connectivity index (χ1n) is 7.21. The minimum atomic E-state index is 0.635. The van der Waals surface area contributed by atoms with E-state index >= 15 is 0 Å². The van der Waals surface area contributed by atoms with Crippen molar-refractivity contribution >= 4 is 11.3 Å². The molecular weight excluding hydrogens is 240 g/mol. The summed E-state index contributed by atoms with van der Waals surface area (Å²) in [5.74, 6) is 0. The highest BCUT2D eigenvalue weighted by Crippen LogP contribution is 2.14. The van der Waals surface area contributed by atoms with Crippen molar-refractivity contribution in [2.75, 3.05) is 19.6 Å². The number of nitrogens with zero attached hydrogens (tertiary/aromatic N) is 1. The zero-order valence-corrected chi connectivity index (χ0v) is 12.9. The van der Waals surface area contributed by atoms with E-state index in [2.05, 4.69) is 48.5 Å². The summed E-state index contributed by atoms with van der Waals surface area (Å²) in [4.78, 5) is 4.05. The van der Waals surface area contributed by atoms with Gasteiger partial charge in [0.1, 0.15) is 0 Å². The first-order chi connectivity index (χ1) is 8.74. The molecule has 1 rings (SSSR count). The average Bonchev–Trinajstić information content (AvgIpc) is 2.84. The molecule has 0 aliphatic rings. The second-order valence-corrected chi connectivity index (χ2v) is 6.13. The summed E-state index contributed by atoms with van der Waals surface area (Å²) >= 11 is 1.86. The molecule has 0 fully saturated rings. The van der Waals surface area contributed by atoms with E-state index in [0.717, 1.165) is 13.1 Å². The number of hydrogen-bond acceptors (Lipinski definition) is 3. The van der Waals surface area contributed by atoms with Crippen LogP contribution in [0.15, 0.2) is 17.5 Å². The van der Waals surface area contributed by atoms with Gasteiger partial charge in [0.2, 0.25) is 0 Å². The Bertz CT molecular complexity index is 283. The molecule has 18 heavy (non-hydrogen) atoms. The molecule has 0 radical (unpaired) electrons. The summed E-state index contributed by atoms with van der Waals surface area (Å²) in [5, 5.41) is 5.64. The van der Waals surface area contributed by atoms with Gasteiger partial charge in [0.15, 0.2) is 0 Å². The summed E-state index contributed by atoms with van der Waals surface area (Å²) in [7, 11) is 0. The van der Waals surface area contributed by atoms with E-state index in [1.54, 1.807) is 0 Å². The minimum absolute atomic E-state index is 0.635. The van der Waals surface area contributed by atoms with Crippen LogP contribution in [0.3, 0.4) is 0 Å². The highest BCUT2D eigenvalue weighted by Gasteiger charge is 2.09. The van der Waals surface area contributed by atoms with Gasteiger partial charge in [-0.05, 0) is 64.2 Å². The molecule has 0 aromatic carbocycles. The van der Waals surface area contributed by atoms with Gasteiger partial charge in [-0.25, -0.2) is 0 Å². The smallest absolute Gasteiger partial charge is 0.0330 e. The van der Waals surface area contributed by atoms with Crippen molar-refractivity contribution in [3.8, 4) is 0 Å². The Kier molecular flexibility index (Phi) is 8.31. The Morgan fingerprint density at radius 2 is 2.11 bits per heavy atom. The van der Waals surface area contributed by atoms with E-state index in [9.17, 15) is 0 Å². The third-order valence-corrected chi connectivity index (χ3v) is 4.01. The molecule has 0 spiro atoms. The van der Waals surface area contributed by atoms with Gasteiger partial charge < -0.3 is 5.32 Å². The summed E-state index contributed by atoms with van der Waals surface area (Å²) in [6, 6.07) is 5.02. The van der Waals surface area contributed by atoms with Crippen LogP contribution in [0, 0.1) is 0 Å². The van der Waals surface area contributed by atoms with Crippen LogP contribution < -0.4 is 5.32 Å². The number of nitrogens with one attached hydrogen (secondary N) is 1. The normalized spacial score (nSPS) is 11.6. The molecule has 2 nitrogen and oxygen atoms in total. The lowest BCUT2D eigenvalue weighted by molar-refractivity contribution is 0.210. The quantitative estimate of drug-likeness (QED) is 0.650. The van der Waals surface area contributed by atoms with Gasteiger partial charge in [0.05, 0.1) is 0 Å². The van der Waals surface area contributed by atoms with Gasteiger partial charge in [-0.2, -0.15) is 0 Å². The van der Waals surface area contributed by atoms with E-state index in [1.165, 1.54) is 37.2 Å². The minimum Gasteiger partial charge on any atom is -0.317 e. The molecule has 3 heteroatoms. The number of rotatable bonds is 10. The van der Waals surface area contributed by atoms with Crippen LogP contribution in [0.5, 0.6) is 0 Å². The fourth-order valence-corrected chi connectivity index (χ4v) is 2.72. The van der Waals surface area contributed by atoms with Crippen LogP contribution in [0.1, 0.15) is 44.9 Å². The molecular formula is C15H28N2S. The summed E-state index contributed by atoms with van der Waals surface area (Å²) in [6.07, 6.45) is 3.81. The molecule has 0 saturated carbocycles. The van der Waals surface area contributed by atoms with E-state index < -0.39 is 0 Å². The molecule has 1 N–H and O–H groups in total. The van der Waals surface area contributed by atoms with Crippen LogP contribution in [0.2, 0.25) is 0 Å². The Morgan fingerprint density at radius 3 is 2.72 bits per heavy atom. The number of hydrogen-bond donors (Lipinski definition) is 1. The molecule has 0 bridgehead atoms. The fourth-order valence-electron chi connectivity index (χ4n) is 1.99. The first kappa shape index (κ1) is 15.7. The van der Waals surface area contributed by atoms with Crippen molar-refractivity contribution in [2.24, 2.45) is 0 Å². The van der Waals surface area contributed by atoms with Gasteiger partial charge in [0, 0.05) is 17.5 Å². The highest BCUT2D eigenvalue weighted by molar-refractivity contribution is 7.09. The topological polar surface area (TPSA) is 15.3 Å². The average molecular weight is 268 g/mol. The summed E-state index contributed by atoms with van der Waals surface area (Å²) < 4.78 is 0. The predicted octanol–water partition coefficient (Wildman–Crippen LogP) is 3.74. The van der Waals surface area contributed by atoms with Crippen molar-refractivity contribution in [2.45, 2.75) is 52.6 Å². The molecule has 104 valence electrons. The van der Waals surface area contributed by atoms with Crippen molar-refractivity contribution < 1.29 is 0 Å². The monoisotopic (exact) mass is 268 g/mol. The van der Waals surface area contributed by atoms with Gasteiger partial charge in [-0.15, -0.1) is 11.3 Å². The number of unbranched alkanes of at least 4 members (excludes halogenated alkanes) is 1. The summed E-state index contributed by atoms with van der Waals surface area (Å²) in [5.41, 5.74) is 0. The van der Waals surface area contributed by atoms with Crippen molar-refractivity contribution in [3.63, 3.8) is 0 Å². The Morgan fingerprint density at radius 1 is 1.28 bits per heavy atom. The molecule has 0 aliphatic heterocycles. The first-order valence-corrected chi connectivity index (χ1v) is 8.09. The van der Waals surface area contributed by atoms with Gasteiger partial charge in [-0.1, -0.05) is 13.0 Å². The van der Waals surface area contributed by atoms with Crippen LogP contribution in [-0.4, -0.2) is 30.6 Å². The van der Waals surface area contributed by atoms with Crippen molar-refractivity contribution in [1.82, 2.24) is 10.2 Å². The maximum Gasteiger partial charge on any atom is 0.0330 e. The van der Waals surface area contributed by atoms with E-state index in [4.69, 9.17) is 0 Å². The van der Waals surface area contributed by atoms with Gasteiger partial charge in [-0.3, -0.25) is 4.90 Å². The predicted molar refractivity (Wildman–Crippen MR) is 82.3 cm³/mol. The highest BCUT2D eigenvalue weighted by atomic mass is 32.1. The van der Waals surface area contributed by atoms with E-state index in [1.807, 2.05) is 11.3 Å². The Hall–Kier alpha value is -0.380. The largest absolute Gasteiger partial charge is 0.317 e. The molecule has 0 unspecified atom stereocenters. The molecule has 1 heterocycles. The fraction of sp³-hybridized carbons (Fsp3) is 0.733. The standard InChI is InChI=1S/C15H28N2S/c1-4-9-16-10-5-6-11-17(14(2)3)13-15-8-7-12-18-15/h7-8,12,14,16H,4-6,9-11,13H2,1-3H3. The molecule has 0 amide bonds. The lowest BCUT2D eigenvalue weighted by Crippen LogP contribution is -2.31. The summed E-state index contributed by atoms with van der Waals surface area (Å²) in [6.45, 7) is 11.4. The molecule has 0 saturated heterocycles. The van der Waals surface area contributed by atoms with Gasteiger partial charge >= 0.3 is 0 Å². The third kappa shape index (κ3) is 6.53. The SMILES string of the molecule is CCCNCCCCN(Cc1cccs1)C(C)C. The maximum absolute atomic E-state index is 3.47. The van der Waals surface area contributed by atoms with Crippen molar-refractivity contribution in [1.29, 1.82) is 0 Å². The molecule has 1 aromatic heterocycles. The van der Waals surface area contributed by atoms with Crippen LogP contribution in [0.4, 0.5) is 0 Å². The molecule has 0 aliphatic carbocycles. The Balaban J connectivity index is 2.18. The lowest BCUT2D eigenvalue weighted by Gasteiger charge is -2.25. The van der Waals surface area contributed by atoms with E-state index in [0.29, 0.717) is 6.04 Å². The second kappa shape index (κ2) is 9.54. The van der Waals surface area contributed by atoms with Crippen LogP contribution >= 0.6 is 11.3 Å². The third-order valence-electron chi connectivity index (χ3n) is 3.14. The lowest BCUT2D eigenvalue weighted by atomic mass is 10.2. The molecule has 0 atom stereocenters. The second-order valence-electron chi connectivity index (χ2n) is 5.10. The van der Waals surface area contributed by atoms with Gasteiger partial charge in [0.25, 0.3) is 0 Å². The Labute approximate surface area is 116 Å². The zero-order chi connectivity index (χ0) is 13.2. The zero-order valence-electron chi connectivity index (χ0n) is 12.1. The maximum atomic E-state index is 3.47. The van der Waals surface area contributed by atoms with E-state index in [-0.39, 0.29) is 0 Å². The van der Waals surface area contributed by atoms with Crippen LogP contribution in [-0.2, 0) is 6.54 Å². The van der Waals surface area contributed by atoms with Crippen molar-refractivity contribution in [3.05, 3.63) is 22.4 Å². The number of thiophene rings is 1.